The molecule has 3 aromatic rings. The maximum absolute atomic E-state index is 12.7. The lowest BCUT2D eigenvalue weighted by molar-refractivity contribution is -0.150. The fourth-order valence-electron chi connectivity index (χ4n) is 8.35. The Morgan fingerprint density at radius 3 is 1.30 bits per heavy atom. The number of likely N-dealkylation sites (tertiary alicyclic amines) is 2. The quantitative estimate of drug-likeness (QED) is 0.0592. The Hall–Kier alpha value is -8.65. The first-order chi connectivity index (χ1) is 40.6. The molecule has 3 aliphatic rings. The van der Waals surface area contributed by atoms with Crippen LogP contribution in [0.4, 0.5) is 9.59 Å². The minimum absolute atomic E-state index is 0. The van der Waals surface area contributed by atoms with Crippen LogP contribution in [0, 0.1) is 0 Å². The van der Waals surface area contributed by atoms with Gasteiger partial charge in [-0.3, -0.25) is 33.6 Å². The number of hydrogen-bond acceptors (Lipinski definition) is 17. The van der Waals surface area contributed by atoms with Crippen molar-refractivity contribution >= 4 is 65.6 Å². The topological polar surface area (TPSA) is 370 Å². The summed E-state index contributed by atoms with van der Waals surface area (Å²) in [5.41, 5.74) is 5.78. The van der Waals surface area contributed by atoms with E-state index in [2.05, 4.69) is 36.6 Å². The summed E-state index contributed by atoms with van der Waals surface area (Å²) in [6, 6.07) is 23.6. The monoisotopic (exact) mass is 1240 g/mol. The number of benzene rings is 3. The molecule has 7 amide bonds. The maximum Gasteiger partial charge on any atom is 0.407 e. The number of ether oxygens (including phenoxy) is 4. The number of alkyl carbamates (subject to hydrolysis) is 2. The highest BCUT2D eigenvalue weighted by Crippen LogP contribution is 2.22. The Kier molecular flexibility index (Phi) is 37.4. The van der Waals surface area contributed by atoms with Crippen LogP contribution in [-0.2, 0) is 47.7 Å². The van der Waals surface area contributed by atoms with Crippen molar-refractivity contribution in [3.8, 4) is 0 Å². The van der Waals surface area contributed by atoms with Gasteiger partial charge >= 0.3 is 36.1 Å². The van der Waals surface area contributed by atoms with Crippen molar-refractivity contribution in [3.63, 3.8) is 0 Å². The second-order valence-electron chi connectivity index (χ2n) is 21.1. The van der Waals surface area contributed by atoms with Crippen LogP contribution >= 0.6 is 0 Å². The first-order valence-electron chi connectivity index (χ1n) is 28.2. The van der Waals surface area contributed by atoms with Crippen molar-refractivity contribution in [3.05, 3.63) is 108 Å². The summed E-state index contributed by atoms with van der Waals surface area (Å²) < 4.78 is 25.7. The van der Waals surface area contributed by atoms with Crippen LogP contribution in [0.25, 0.3) is 0 Å². The van der Waals surface area contributed by atoms with E-state index >= 15 is 0 Å². The van der Waals surface area contributed by atoms with E-state index in [4.69, 9.17) is 26.4 Å². The summed E-state index contributed by atoms with van der Waals surface area (Å²) in [6.07, 6.45) is -0.191. The lowest BCUT2D eigenvalue weighted by Gasteiger charge is -2.23. The summed E-state index contributed by atoms with van der Waals surface area (Å²) >= 11 is 0. The molecule has 3 fully saturated rings. The van der Waals surface area contributed by atoms with Gasteiger partial charge in [-0.1, -0.05) is 90.7 Å². The van der Waals surface area contributed by atoms with E-state index in [1.54, 1.807) is 115 Å². The van der Waals surface area contributed by atoms with E-state index < -0.39 is 53.4 Å². The van der Waals surface area contributed by atoms with Crippen LogP contribution in [0.3, 0.4) is 0 Å². The standard InChI is InChI=1S/C21H29N3O6.C15H19N3O4.C13H16N2O3.C8H15NO4.C2H6.3CH4/c1-21(2,3)30-20(28)22-11-10-17(25)24-13-15(12-16(24)19(27)29-4)23-18(26)14-8-6-5-7-9-14;16-7-6-13(19)18-9-11(8-12(18)15(21)22)17-14(20)10-4-2-1-3-5-10;1-18-13(17)11-7-10(8-14-11)15-12(16)9-5-3-2-4-6-9;1-8(2,3)13-7(12)9-5-4-6(10)11;1-2;;;/h5-9,15-16H,10-13H2,1-4H3,(H,22,28)(H,23,26);1-5,11-12H,6-9,16H2,(H,17,20)(H,21,22);2-6,10-11,14H,7-8H2,1H3,(H,15,16);4-5H2,1-3H3,(H,9,12)(H,10,11);1-2H3;3*1H4/t15-,16+;11-,12+;10-,11+;;;;;/m111...../s1/i;;;;1D;;;. The third kappa shape index (κ3) is 30.6. The Bertz CT molecular complexity index is 2680. The van der Waals surface area contributed by atoms with Crippen LogP contribution in [0.2, 0.25) is 0 Å². The summed E-state index contributed by atoms with van der Waals surface area (Å²) in [5.74, 6) is -4.13. The number of aliphatic carboxylic acids is 2. The fraction of sp³-hybridized carbons (Fsp3) is 0.532. The number of nitrogens with one attached hydrogen (secondary N) is 6. The van der Waals surface area contributed by atoms with Gasteiger partial charge in [-0.2, -0.15) is 0 Å². The van der Waals surface area contributed by atoms with Gasteiger partial charge < -0.3 is 76.6 Å². The summed E-state index contributed by atoms with van der Waals surface area (Å²) in [6.45, 7) is 14.0. The summed E-state index contributed by atoms with van der Waals surface area (Å²) in [4.78, 5) is 131. The number of esters is 2. The zero-order chi connectivity index (χ0) is 64.6. The summed E-state index contributed by atoms with van der Waals surface area (Å²) in [7, 11) is 2.62. The van der Waals surface area contributed by atoms with Gasteiger partial charge in [0.25, 0.3) is 17.7 Å². The average Bonchev–Trinajstić information content (AvgIpc) is 2.23. The van der Waals surface area contributed by atoms with Gasteiger partial charge in [-0.25, -0.2) is 19.2 Å². The Morgan fingerprint density at radius 2 is 0.932 bits per heavy atom. The molecule has 6 rings (SSSR count). The number of carbonyl (C=O) groups is 11. The van der Waals surface area contributed by atoms with Crippen molar-refractivity contribution < 1.29 is 83.3 Å². The number of methoxy groups -OCH3 is 2. The van der Waals surface area contributed by atoms with Crippen LogP contribution in [-0.4, -0.2) is 187 Å². The van der Waals surface area contributed by atoms with Gasteiger partial charge in [0.05, 0.1) is 20.6 Å². The van der Waals surface area contributed by atoms with Gasteiger partial charge in [-0.15, -0.1) is 0 Å². The molecular weight excluding hydrogens is 1140 g/mol. The zero-order valence-corrected chi connectivity index (χ0v) is 49.8. The van der Waals surface area contributed by atoms with E-state index in [0.717, 1.165) is 0 Å². The van der Waals surface area contributed by atoms with Gasteiger partial charge in [0, 0.05) is 101 Å². The predicted molar refractivity (Wildman–Crippen MR) is 332 cm³/mol. The van der Waals surface area contributed by atoms with Crippen molar-refractivity contribution in [2.45, 2.75) is 164 Å². The smallest absolute Gasteiger partial charge is 0.407 e. The molecule has 0 aliphatic carbocycles. The first kappa shape index (κ1) is 79.3. The Morgan fingerprint density at radius 1 is 0.568 bits per heavy atom. The molecule has 0 bridgehead atoms. The van der Waals surface area contributed by atoms with E-state index in [9.17, 15) is 57.8 Å². The third-order valence-corrected chi connectivity index (χ3v) is 12.1. The molecule has 0 saturated carbocycles. The molecule has 88 heavy (non-hydrogen) atoms. The van der Waals surface area contributed by atoms with Gasteiger partial charge in [0.1, 0.15) is 29.3 Å². The molecular formula is C62H97N9O17. The zero-order valence-electron chi connectivity index (χ0n) is 50.8. The van der Waals surface area contributed by atoms with Crippen LogP contribution in [0.1, 0.15) is 149 Å². The predicted octanol–water partition coefficient (Wildman–Crippen LogP) is 5.53. The molecule has 3 aromatic carbocycles. The molecule has 26 nitrogen and oxygen atoms in total. The second kappa shape index (κ2) is 41.4. The molecule has 26 heteroatoms. The lowest BCUT2D eigenvalue weighted by Crippen LogP contribution is -2.43. The highest BCUT2D eigenvalue weighted by molar-refractivity contribution is 5.96. The number of nitrogens with zero attached hydrogens (tertiary/aromatic N) is 2. The highest BCUT2D eigenvalue weighted by atomic mass is 16.6. The molecule has 3 saturated heterocycles. The number of amides is 7. The molecule has 3 heterocycles. The minimum atomic E-state index is -1.07. The number of rotatable bonds is 17. The molecule has 3 aliphatic heterocycles. The van der Waals surface area contributed by atoms with Crippen molar-refractivity contribution in [1.29, 1.82) is 0 Å². The second-order valence-corrected chi connectivity index (χ2v) is 21.1. The van der Waals surface area contributed by atoms with Gasteiger partial charge in [-0.05, 0) is 84.4 Å². The summed E-state index contributed by atoms with van der Waals surface area (Å²) in [5, 5.41) is 33.9. The number of hydrogen-bond donors (Lipinski definition) is 9. The van der Waals surface area contributed by atoms with E-state index in [-0.39, 0.29) is 147 Å². The molecule has 10 N–H and O–H groups in total. The lowest BCUT2D eigenvalue weighted by atomic mass is 10.1. The van der Waals surface area contributed by atoms with Crippen molar-refractivity contribution in [1.82, 2.24) is 41.7 Å². The van der Waals surface area contributed by atoms with Crippen LogP contribution in [0.15, 0.2) is 91.0 Å². The molecule has 0 aromatic heterocycles. The molecule has 492 valence electrons. The minimum Gasteiger partial charge on any atom is -0.481 e. The first-order valence-corrected chi connectivity index (χ1v) is 27.5. The van der Waals surface area contributed by atoms with E-state index in [1.807, 2.05) is 24.3 Å². The van der Waals surface area contributed by atoms with Crippen LogP contribution < -0.4 is 37.6 Å². The highest BCUT2D eigenvalue weighted by Gasteiger charge is 2.42. The average molecular weight is 1240 g/mol. The number of carboxylic acid groups (broad SMARTS) is 2. The normalized spacial score (nSPS) is 17.9. The van der Waals surface area contributed by atoms with Gasteiger partial charge in [0.15, 0.2) is 0 Å². The van der Waals surface area contributed by atoms with Crippen molar-refractivity contribution in [2.24, 2.45) is 5.73 Å². The Balaban J connectivity index is 0. The molecule has 6 atom stereocenters. The number of carbonyl (C=O) groups excluding carboxylic acids is 9. The largest absolute Gasteiger partial charge is 0.481 e. The number of nitrogens with two attached hydrogens (primary N) is 1. The fourth-order valence-corrected chi connectivity index (χ4v) is 8.35. The maximum atomic E-state index is 12.7. The molecule has 0 unspecified atom stereocenters. The van der Waals surface area contributed by atoms with Crippen LogP contribution in [0.5, 0.6) is 0 Å². The SMILES string of the molecule is C.C.C.CC(C)(C)OC(=O)NCCC(=O)O.COC(=O)[C@@H]1C[C@@H](NC(=O)c2ccccc2)CN1.COC(=O)[C@@H]1C[C@@H](NC(=O)c2ccccc2)CN1C(=O)CCNC(=O)OC(C)(C)C.NCCC(=O)N1C[C@H](NC(=O)c2ccccc2)C[C@H]1C(=O)O.[2H]CC. The Labute approximate surface area is 519 Å². The van der Waals surface area contributed by atoms with Crippen molar-refractivity contribution in [2.75, 3.05) is 53.5 Å². The van der Waals surface area contributed by atoms with E-state index in [0.29, 0.717) is 36.6 Å². The number of carboxylic acids is 2. The van der Waals surface area contributed by atoms with Gasteiger partial charge in [0.2, 0.25) is 11.8 Å². The molecule has 0 spiro atoms. The molecule has 0 radical (unpaired) electrons. The third-order valence-electron chi connectivity index (χ3n) is 12.1. The van der Waals surface area contributed by atoms with E-state index in [1.165, 1.54) is 24.0 Å².